The van der Waals surface area contributed by atoms with E-state index in [9.17, 15) is 0 Å². The Bertz CT molecular complexity index is 99.2. The van der Waals surface area contributed by atoms with E-state index < -0.39 is 12.2 Å². The molecular formula is C6H13NO3. The first-order valence-corrected chi connectivity index (χ1v) is 3.42. The van der Waals surface area contributed by atoms with Crippen molar-refractivity contribution < 1.29 is 15.1 Å². The minimum absolute atomic E-state index is 0.218. The lowest BCUT2D eigenvalue weighted by molar-refractivity contribution is 0.0438. The van der Waals surface area contributed by atoms with E-state index >= 15 is 0 Å². The first-order chi connectivity index (χ1) is 4.74. The highest BCUT2D eigenvalue weighted by Crippen LogP contribution is 2.25. The third-order valence-corrected chi connectivity index (χ3v) is 1.93. The van der Waals surface area contributed by atoms with E-state index in [0.717, 1.165) is 0 Å². The first-order valence-electron chi connectivity index (χ1n) is 3.42. The summed E-state index contributed by atoms with van der Waals surface area (Å²) in [5.74, 6) is 5.05. The van der Waals surface area contributed by atoms with Crippen LogP contribution in [0.5, 0.6) is 0 Å². The minimum atomic E-state index is -0.583. The molecule has 4 heteroatoms. The fourth-order valence-corrected chi connectivity index (χ4v) is 1.37. The molecule has 0 spiro atoms. The van der Waals surface area contributed by atoms with Crippen LogP contribution in [0.25, 0.3) is 0 Å². The van der Waals surface area contributed by atoms with Gasteiger partial charge in [-0.3, -0.25) is 0 Å². The van der Waals surface area contributed by atoms with E-state index in [2.05, 4.69) is 4.84 Å². The Hall–Kier alpha value is -0.160. The van der Waals surface area contributed by atoms with Crippen molar-refractivity contribution in [2.24, 2.45) is 11.8 Å². The quantitative estimate of drug-likeness (QED) is 0.438. The highest BCUT2D eigenvalue weighted by Gasteiger charge is 2.31. The van der Waals surface area contributed by atoms with Gasteiger partial charge in [0.15, 0.2) is 0 Å². The third kappa shape index (κ3) is 1.67. The molecule has 0 saturated heterocycles. The molecule has 0 radical (unpaired) electrons. The maximum atomic E-state index is 9.05. The zero-order valence-corrected chi connectivity index (χ0v) is 5.73. The molecule has 0 aromatic heterocycles. The second kappa shape index (κ2) is 3.30. The fourth-order valence-electron chi connectivity index (χ4n) is 1.37. The van der Waals surface area contributed by atoms with E-state index in [1.165, 1.54) is 0 Å². The van der Waals surface area contributed by atoms with Crippen molar-refractivity contribution in [2.45, 2.75) is 25.0 Å². The lowest BCUT2D eigenvalue weighted by Crippen LogP contribution is -2.17. The van der Waals surface area contributed by atoms with Crippen molar-refractivity contribution in [3.05, 3.63) is 0 Å². The van der Waals surface area contributed by atoms with Crippen molar-refractivity contribution in [2.75, 3.05) is 6.61 Å². The third-order valence-electron chi connectivity index (χ3n) is 1.93. The molecule has 1 unspecified atom stereocenters. The van der Waals surface area contributed by atoms with Crippen LogP contribution in [0.2, 0.25) is 0 Å². The number of aliphatic hydroxyl groups excluding tert-OH is 2. The predicted molar refractivity (Wildman–Crippen MR) is 34.9 cm³/mol. The summed E-state index contributed by atoms with van der Waals surface area (Å²) >= 11 is 0. The smallest absolute Gasteiger partial charge is 0.0802 e. The minimum Gasteiger partial charge on any atom is -0.390 e. The van der Waals surface area contributed by atoms with E-state index in [-0.39, 0.29) is 5.92 Å². The first kappa shape index (κ1) is 7.94. The molecule has 1 rings (SSSR count). The number of nitrogens with two attached hydrogens (primary N) is 1. The van der Waals surface area contributed by atoms with Gasteiger partial charge in [-0.05, 0) is 18.8 Å². The molecule has 3 atom stereocenters. The van der Waals surface area contributed by atoms with Gasteiger partial charge in [0.25, 0.3) is 0 Å². The van der Waals surface area contributed by atoms with E-state index in [0.29, 0.717) is 19.4 Å². The number of hydrogen-bond donors (Lipinski definition) is 3. The van der Waals surface area contributed by atoms with Gasteiger partial charge in [-0.2, -0.15) is 0 Å². The average molecular weight is 147 g/mol. The molecular weight excluding hydrogens is 134 g/mol. The molecule has 4 nitrogen and oxygen atoms in total. The summed E-state index contributed by atoms with van der Waals surface area (Å²) in [6.45, 7) is 0.425. The molecule has 1 saturated carbocycles. The van der Waals surface area contributed by atoms with Crippen molar-refractivity contribution in [1.82, 2.24) is 0 Å². The number of hydrogen-bond acceptors (Lipinski definition) is 4. The van der Waals surface area contributed by atoms with Crippen LogP contribution in [0.1, 0.15) is 12.8 Å². The van der Waals surface area contributed by atoms with Gasteiger partial charge in [0.2, 0.25) is 0 Å². The topological polar surface area (TPSA) is 75.7 Å². The van der Waals surface area contributed by atoms with Crippen molar-refractivity contribution in [3.8, 4) is 0 Å². The van der Waals surface area contributed by atoms with Crippen LogP contribution in [0.15, 0.2) is 0 Å². The zero-order valence-electron chi connectivity index (χ0n) is 5.73. The molecule has 0 aromatic carbocycles. The Morgan fingerprint density at radius 2 is 1.80 bits per heavy atom. The van der Waals surface area contributed by atoms with Gasteiger partial charge in [0.05, 0.1) is 18.8 Å². The number of aliphatic hydroxyl groups is 2. The van der Waals surface area contributed by atoms with Crippen LogP contribution >= 0.6 is 0 Å². The maximum absolute atomic E-state index is 9.05. The maximum Gasteiger partial charge on any atom is 0.0802 e. The van der Waals surface area contributed by atoms with Crippen LogP contribution in [0, 0.1) is 5.92 Å². The molecule has 1 fully saturated rings. The molecule has 0 heterocycles. The monoisotopic (exact) mass is 147 g/mol. The Labute approximate surface area is 59.6 Å². The lowest BCUT2D eigenvalue weighted by Gasteiger charge is -2.04. The van der Waals surface area contributed by atoms with Gasteiger partial charge < -0.3 is 15.1 Å². The molecule has 0 bridgehead atoms. The second-order valence-corrected chi connectivity index (χ2v) is 2.81. The van der Waals surface area contributed by atoms with Gasteiger partial charge in [0, 0.05) is 0 Å². The summed E-state index contributed by atoms with van der Waals surface area (Å²) in [7, 11) is 0. The summed E-state index contributed by atoms with van der Waals surface area (Å²) in [6.07, 6.45) is 0.0248. The van der Waals surface area contributed by atoms with Gasteiger partial charge in [-0.1, -0.05) is 0 Å². The number of rotatable bonds is 2. The zero-order chi connectivity index (χ0) is 7.56. The fraction of sp³-hybridized carbons (Fsp3) is 1.00. The van der Waals surface area contributed by atoms with Gasteiger partial charge >= 0.3 is 0 Å². The lowest BCUT2D eigenvalue weighted by atomic mass is 10.1. The molecule has 1 aliphatic carbocycles. The summed E-state index contributed by atoms with van der Waals surface area (Å²) in [5.41, 5.74) is 0. The Morgan fingerprint density at radius 3 is 2.20 bits per heavy atom. The SMILES string of the molecule is NOCC1C[C@@H](O)[C@@H](O)C1. The van der Waals surface area contributed by atoms with Crippen LogP contribution in [0.3, 0.4) is 0 Å². The summed E-state index contributed by atoms with van der Waals surface area (Å²) < 4.78 is 0. The standard InChI is InChI=1S/C6H13NO3/c7-10-3-4-1-5(8)6(9)2-4/h4-6,8-9H,1-3,7H2/t4?,5-,6+. The van der Waals surface area contributed by atoms with Gasteiger partial charge in [-0.25, -0.2) is 5.90 Å². The van der Waals surface area contributed by atoms with Crippen LogP contribution < -0.4 is 5.90 Å². The molecule has 60 valence electrons. The molecule has 10 heavy (non-hydrogen) atoms. The van der Waals surface area contributed by atoms with Gasteiger partial charge in [0.1, 0.15) is 0 Å². The Morgan fingerprint density at radius 1 is 1.30 bits per heavy atom. The van der Waals surface area contributed by atoms with Crippen LogP contribution in [0.4, 0.5) is 0 Å². The van der Waals surface area contributed by atoms with Crippen LogP contribution in [-0.2, 0) is 4.84 Å². The predicted octanol–water partition coefficient (Wildman–Crippen LogP) is -0.992. The van der Waals surface area contributed by atoms with E-state index in [1.54, 1.807) is 0 Å². The Balaban J connectivity index is 2.27. The highest BCUT2D eigenvalue weighted by molar-refractivity contribution is 4.82. The van der Waals surface area contributed by atoms with Crippen molar-refractivity contribution in [1.29, 1.82) is 0 Å². The molecule has 0 aromatic rings. The summed E-state index contributed by atoms with van der Waals surface area (Å²) in [6, 6.07) is 0. The van der Waals surface area contributed by atoms with Crippen LogP contribution in [-0.4, -0.2) is 29.0 Å². The molecule has 0 amide bonds. The van der Waals surface area contributed by atoms with E-state index in [4.69, 9.17) is 16.1 Å². The second-order valence-electron chi connectivity index (χ2n) is 2.81. The molecule has 4 N–H and O–H groups in total. The average Bonchev–Trinajstić information content (AvgIpc) is 2.14. The summed E-state index contributed by atoms with van der Waals surface area (Å²) in [4.78, 5) is 4.40. The Kier molecular flexibility index (Phi) is 2.62. The highest BCUT2D eigenvalue weighted by atomic mass is 16.6. The molecule has 0 aliphatic heterocycles. The normalized spacial score (nSPS) is 40.5. The molecule has 1 aliphatic rings. The largest absolute Gasteiger partial charge is 0.390 e. The summed E-state index contributed by atoms with van der Waals surface area (Å²) in [5, 5.41) is 18.1. The van der Waals surface area contributed by atoms with Crippen molar-refractivity contribution >= 4 is 0 Å². The van der Waals surface area contributed by atoms with Gasteiger partial charge in [-0.15, -0.1) is 0 Å². The van der Waals surface area contributed by atoms with E-state index in [1.807, 2.05) is 0 Å². The van der Waals surface area contributed by atoms with Crippen molar-refractivity contribution in [3.63, 3.8) is 0 Å².